The Morgan fingerprint density at radius 3 is 2.72 bits per heavy atom. The second-order valence-corrected chi connectivity index (χ2v) is 7.15. The van der Waals surface area contributed by atoms with Crippen LogP contribution in [-0.4, -0.2) is 26.7 Å². The Morgan fingerprint density at radius 2 is 2.11 bits per heavy atom. The molecule has 6 heteroatoms. The van der Waals surface area contributed by atoms with E-state index >= 15 is 0 Å². The lowest BCUT2D eigenvalue weighted by Crippen LogP contribution is -2.06. The first-order valence-corrected chi connectivity index (χ1v) is 8.51. The van der Waals surface area contributed by atoms with Crippen molar-refractivity contribution in [3.8, 4) is 0 Å². The lowest BCUT2D eigenvalue weighted by molar-refractivity contribution is -0.143. The predicted molar refractivity (Wildman–Crippen MR) is 71.5 cm³/mol. The topological polar surface area (TPSA) is 60.4 Å². The molecule has 0 saturated heterocycles. The number of hydrogen-bond acceptors (Lipinski definition) is 5. The number of unbranched alkanes of at least 4 members (excludes halogenated alkanes) is 2. The van der Waals surface area contributed by atoms with Gasteiger partial charge in [0.25, 0.3) is 0 Å². The predicted octanol–water partition coefficient (Wildman–Crippen LogP) is 2.65. The highest BCUT2D eigenvalue weighted by molar-refractivity contribution is 7.93. The summed E-state index contributed by atoms with van der Waals surface area (Å²) in [5, 5.41) is 1.76. The highest BCUT2D eigenvalue weighted by atomic mass is 32.2. The van der Waals surface area contributed by atoms with Gasteiger partial charge in [0.15, 0.2) is 9.84 Å². The van der Waals surface area contributed by atoms with Crippen LogP contribution in [0.3, 0.4) is 0 Å². The largest absolute Gasteiger partial charge is 0.466 e. The standard InChI is InChI=1S/C12H18O4S2/c1-2-16-11(13)7-4-3-5-10-18(14,15)12-8-6-9-17-12/h6,8-9H,2-5,7,10H2,1H3. The molecular formula is C12H18O4S2. The third kappa shape index (κ3) is 5.18. The SMILES string of the molecule is CCOC(=O)CCCCCS(=O)(=O)c1cccs1. The zero-order chi connectivity index (χ0) is 13.4. The van der Waals surface area contributed by atoms with Crippen molar-refractivity contribution in [1.82, 2.24) is 0 Å². The molecule has 0 aliphatic heterocycles. The Kier molecular flexibility index (Phi) is 6.35. The van der Waals surface area contributed by atoms with Gasteiger partial charge < -0.3 is 4.74 Å². The molecule has 0 radical (unpaired) electrons. The van der Waals surface area contributed by atoms with Gasteiger partial charge >= 0.3 is 5.97 Å². The zero-order valence-electron chi connectivity index (χ0n) is 10.4. The van der Waals surface area contributed by atoms with Crippen LogP contribution < -0.4 is 0 Å². The van der Waals surface area contributed by atoms with Crippen LogP contribution >= 0.6 is 11.3 Å². The van der Waals surface area contributed by atoms with E-state index in [0.717, 1.165) is 6.42 Å². The summed E-state index contributed by atoms with van der Waals surface area (Å²) in [6, 6.07) is 3.36. The summed E-state index contributed by atoms with van der Waals surface area (Å²) in [6.07, 6.45) is 2.36. The lowest BCUT2D eigenvalue weighted by atomic mass is 10.2. The molecule has 0 unspecified atom stereocenters. The lowest BCUT2D eigenvalue weighted by Gasteiger charge is -2.02. The minimum absolute atomic E-state index is 0.149. The number of carbonyl (C=O) groups excluding carboxylic acids is 1. The molecule has 0 aromatic carbocycles. The molecule has 102 valence electrons. The van der Waals surface area contributed by atoms with E-state index < -0.39 is 9.84 Å². The molecule has 0 aliphatic carbocycles. The molecule has 1 rings (SSSR count). The Bertz CT molecular complexity index is 448. The molecule has 0 aliphatic rings. The fourth-order valence-electron chi connectivity index (χ4n) is 1.51. The van der Waals surface area contributed by atoms with Crippen molar-refractivity contribution in [2.75, 3.05) is 12.4 Å². The minimum atomic E-state index is -3.13. The molecule has 1 heterocycles. The summed E-state index contributed by atoms with van der Waals surface area (Å²) in [5.41, 5.74) is 0. The molecular weight excluding hydrogens is 272 g/mol. The fourth-order valence-corrected chi connectivity index (χ4v) is 4.04. The van der Waals surface area contributed by atoms with E-state index in [2.05, 4.69) is 0 Å². The third-order valence-electron chi connectivity index (χ3n) is 2.40. The van der Waals surface area contributed by atoms with Crippen molar-refractivity contribution in [2.45, 2.75) is 36.8 Å². The first-order chi connectivity index (χ1) is 8.56. The molecule has 4 nitrogen and oxygen atoms in total. The van der Waals surface area contributed by atoms with E-state index in [4.69, 9.17) is 4.74 Å². The molecule has 1 aromatic heterocycles. The highest BCUT2D eigenvalue weighted by Gasteiger charge is 2.14. The molecule has 0 N–H and O–H groups in total. The van der Waals surface area contributed by atoms with E-state index in [1.807, 2.05) is 0 Å². The summed E-state index contributed by atoms with van der Waals surface area (Å²) in [7, 11) is -3.13. The van der Waals surface area contributed by atoms with Gasteiger partial charge in [0.1, 0.15) is 4.21 Å². The second kappa shape index (κ2) is 7.53. The van der Waals surface area contributed by atoms with Gasteiger partial charge in [-0.1, -0.05) is 12.5 Å². The minimum Gasteiger partial charge on any atom is -0.466 e. The average Bonchev–Trinajstić information content (AvgIpc) is 2.83. The van der Waals surface area contributed by atoms with Gasteiger partial charge in [-0.25, -0.2) is 8.42 Å². The van der Waals surface area contributed by atoms with Crippen molar-refractivity contribution in [3.63, 3.8) is 0 Å². The van der Waals surface area contributed by atoms with Crippen LogP contribution in [0, 0.1) is 0 Å². The van der Waals surface area contributed by atoms with Gasteiger partial charge in [-0.2, -0.15) is 0 Å². The normalized spacial score (nSPS) is 11.4. The van der Waals surface area contributed by atoms with Crippen LogP contribution in [0.15, 0.2) is 21.7 Å². The maximum atomic E-state index is 11.8. The van der Waals surface area contributed by atoms with Crippen LogP contribution in [0.1, 0.15) is 32.6 Å². The zero-order valence-corrected chi connectivity index (χ0v) is 12.1. The number of thiophene rings is 1. The van der Waals surface area contributed by atoms with Crippen molar-refractivity contribution in [1.29, 1.82) is 0 Å². The number of sulfone groups is 1. The average molecular weight is 290 g/mol. The van der Waals surface area contributed by atoms with Gasteiger partial charge in [0.05, 0.1) is 12.4 Å². The van der Waals surface area contributed by atoms with Crippen LogP contribution in [0.25, 0.3) is 0 Å². The van der Waals surface area contributed by atoms with Crippen LogP contribution in [0.5, 0.6) is 0 Å². The molecule has 0 atom stereocenters. The molecule has 0 bridgehead atoms. The summed E-state index contributed by atoms with van der Waals surface area (Å²) >= 11 is 1.24. The van der Waals surface area contributed by atoms with Gasteiger partial charge in [0.2, 0.25) is 0 Å². The Labute approximate surface area is 112 Å². The van der Waals surface area contributed by atoms with E-state index in [9.17, 15) is 13.2 Å². The van der Waals surface area contributed by atoms with E-state index in [0.29, 0.717) is 30.1 Å². The molecule has 0 fully saturated rings. The van der Waals surface area contributed by atoms with Crippen molar-refractivity contribution in [2.24, 2.45) is 0 Å². The van der Waals surface area contributed by atoms with E-state index in [1.165, 1.54) is 11.3 Å². The first kappa shape index (κ1) is 15.2. The second-order valence-electron chi connectivity index (χ2n) is 3.87. The summed E-state index contributed by atoms with van der Waals surface area (Å²) in [5.74, 6) is -0.0605. The van der Waals surface area contributed by atoms with Crippen LogP contribution in [0.4, 0.5) is 0 Å². The Hall–Kier alpha value is -0.880. The number of rotatable bonds is 8. The maximum absolute atomic E-state index is 11.8. The van der Waals surface area contributed by atoms with Crippen molar-refractivity contribution in [3.05, 3.63) is 17.5 Å². The highest BCUT2D eigenvalue weighted by Crippen LogP contribution is 2.18. The number of esters is 1. The Balaban J connectivity index is 2.21. The number of ether oxygens (including phenoxy) is 1. The molecule has 0 spiro atoms. The summed E-state index contributed by atoms with van der Waals surface area (Å²) in [6.45, 7) is 2.16. The van der Waals surface area contributed by atoms with Gasteiger partial charge in [-0.15, -0.1) is 11.3 Å². The summed E-state index contributed by atoms with van der Waals surface area (Å²) in [4.78, 5) is 11.1. The van der Waals surface area contributed by atoms with Gasteiger partial charge in [-0.05, 0) is 31.2 Å². The molecule has 0 saturated carbocycles. The molecule has 18 heavy (non-hydrogen) atoms. The quantitative estimate of drug-likeness (QED) is 0.545. The van der Waals surface area contributed by atoms with Crippen molar-refractivity contribution < 1.29 is 17.9 Å². The van der Waals surface area contributed by atoms with Crippen LogP contribution in [0.2, 0.25) is 0 Å². The van der Waals surface area contributed by atoms with Gasteiger partial charge in [-0.3, -0.25) is 4.79 Å². The smallest absolute Gasteiger partial charge is 0.305 e. The first-order valence-electron chi connectivity index (χ1n) is 5.98. The third-order valence-corrected chi connectivity index (χ3v) is 5.69. The van der Waals surface area contributed by atoms with Crippen molar-refractivity contribution >= 4 is 27.1 Å². The monoisotopic (exact) mass is 290 g/mol. The molecule has 0 amide bonds. The van der Waals surface area contributed by atoms with Gasteiger partial charge in [0, 0.05) is 6.42 Å². The maximum Gasteiger partial charge on any atom is 0.305 e. The fraction of sp³-hybridized carbons (Fsp3) is 0.583. The van der Waals surface area contributed by atoms with E-state index in [1.54, 1.807) is 24.4 Å². The van der Waals surface area contributed by atoms with Crippen LogP contribution in [-0.2, 0) is 19.4 Å². The Morgan fingerprint density at radius 1 is 1.33 bits per heavy atom. The number of hydrogen-bond donors (Lipinski definition) is 0. The summed E-state index contributed by atoms with van der Waals surface area (Å²) < 4.78 is 28.8. The number of carbonyl (C=O) groups is 1. The molecule has 1 aromatic rings. The van der Waals surface area contributed by atoms with E-state index in [-0.39, 0.29) is 11.7 Å².